The van der Waals surface area contributed by atoms with Gasteiger partial charge in [0.25, 0.3) is 0 Å². The lowest BCUT2D eigenvalue weighted by Gasteiger charge is -2.08. The third kappa shape index (κ3) is 3.50. The molecular formula is C15H18ClNOS. The number of nitrogens with two attached hydrogens (primary N) is 1. The van der Waals surface area contributed by atoms with E-state index in [9.17, 15) is 0 Å². The molecule has 0 spiro atoms. The number of hydrogen-bond acceptors (Lipinski definition) is 3. The summed E-state index contributed by atoms with van der Waals surface area (Å²) in [6.45, 7) is 5.35. The summed E-state index contributed by atoms with van der Waals surface area (Å²) in [5.41, 5.74) is 7.97. The smallest absolute Gasteiger partial charge is 0.120 e. The van der Waals surface area contributed by atoms with Crippen LogP contribution in [-0.2, 0) is 19.6 Å². The van der Waals surface area contributed by atoms with Crippen LogP contribution in [0.4, 0.5) is 0 Å². The summed E-state index contributed by atoms with van der Waals surface area (Å²) in [6.07, 6.45) is 0.908. The van der Waals surface area contributed by atoms with Crippen LogP contribution in [0.3, 0.4) is 0 Å². The molecule has 0 unspecified atom stereocenters. The fraction of sp³-hybridized carbons (Fsp3) is 0.333. The molecule has 0 saturated carbocycles. The van der Waals surface area contributed by atoms with Gasteiger partial charge in [-0.15, -0.1) is 11.3 Å². The Morgan fingerprint density at radius 2 is 2.05 bits per heavy atom. The number of halogens is 1. The van der Waals surface area contributed by atoms with E-state index in [1.54, 1.807) is 11.3 Å². The van der Waals surface area contributed by atoms with Crippen LogP contribution in [0.1, 0.15) is 27.8 Å². The van der Waals surface area contributed by atoms with Gasteiger partial charge in [-0.05, 0) is 43.2 Å². The van der Waals surface area contributed by atoms with Crippen LogP contribution in [0.2, 0.25) is 5.02 Å². The minimum absolute atomic E-state index is 0.577. The molecule has 1 aromatic carbocycles. The van der Waals surface area contributed by atoms with E-state index >= 15 is 0 Å². The SMILES string of the molecule is CCc1cc(OCc2cc(CN)sc2C)ccc1Cl. The molecule has 0 atom stereocenters. The Morgan fingerprint density at radius 1 is 1.26 bits per heavy atom. The molecule has 0 saturated heterocycles. The third-order valence-corrected chi connectivity index (χ3v) is 4.55. The Bertz CT molecular complexity index is 565. The summed E-state index contributed by atoms with van der Waals surface area (Å²) in [7, 11) is 0. The van der Waals surface area contributed by atoms with Crippen LogP contribution in [0.25, 0.3) is 0 Å². The number of benzene rings is 1. The first-order valence-corrected chi connectivity index (χ1v) is 7.53. The molecule has 102 valence electrons. The Balaban J connectivity index is 2.07. The van der Waals surface area contributed by atoms with Crippen LogP contribution in [0.15, 0.2) is 24.3 Å². The van der Waals surface area contributed by atoms with Crippen LogP contribution >= 0.6 is 22.9 Å². The minimum atomic E-state index is 0.577. The summed E-state index contributed by atoms with van der Waals surface area (Å²) in [4.78, 5) is 2.46. The molecule has 0 radical (unpaired) electrons. The highest BCUT2D eigenvalue weighted by atomic mass is 35.5. The van der Waals surface area contributed by atoms with Gasteiger partial charge in [-0.2, -0.15) is 0 Å². The van der Waals surface area contributed by atoms with E-state index in [2.05, 4.69) is 19.9 Å². The topological polar surface area (TPSA) is 35.2 Å². The second kappa shape index (κ2) is 6.42. The van der Waals surface area contributed by atoms with Gasteiger partial charge in [-0.1, -0.05) is 18.5 Å². The summed E-state index contributed by atoms with van der Waals surface area (Å²) < 4.78 is 5.84. The molecule has 1 heterocycles. The zero-order chi connectivity index (χ0) is 13.8. The maximum Gasteiger partial charge on any atom is 0.120 e. The van der Waals surface area contributed by atoms with Crippen molar-refractivity contribution < 1.29 is 4.74 Å². The molecule has 19 heavy (non-hydrogen) atoms. The van der Waals surface area contributed by atoms with Crippen molar-refractivity contribution in [1.29, 1.82) is 0 Å². The van der Waals surface area contributed by atoms with Gasteiger partial charge in [0, 0.05) is 26.9 Å². The van der Waals surface area contributed by atoms with E-state index in [1.165, 1.54) is 15.3 Å². The van der Waals surface area contributed by atoms with Crippen molar-refractivity contribution in [1.82, 2.24) is 0 Å². The lowest BCUT2D eigenvalue weighted by molar-refractivity contribution is 0.305. The number of rotatable bonds is 5. The maximum absolute atomic E-state index is 6.09. The molecule has 4 heteroatoms. The van der Waals surface area contributed by atoms with Crippen LogP contribution in [-0.4, -0.2) is 0 Å². The molecule has 2 nitrogen and oxygen atoms in total. The molecule has 0 aliphatic rings. The fourth-order valence-electron chi connectivity index (χ4n) is 1.90. The highest BCUT2D eigenvalue weighted by molar-refractivity contribution is 7.12. The quantitative estimate of drug-likeness (QED) is 0.892. The Labute approximate surface area is 123 Å². The highest BCUT2D eigenvalue weighted by Gasteiger charge is 2.06. The van der Waals surface area contributed by atoms with Gasteiger partial charge >= 0.3 is 0 Å². The average molecular weight is 296 g/mol. The predicted molar refractivity (Wildman–Crippen MR) is 82.1 cm³/mol. The molecule has 0 bridgehead atoms. The predicted octanol–water partition coefficient (Wildman–Crippen LogP) is 4.31. The van der Waals surface area contributed by atoms with Crippen LogP contribution in [0.5, 0.6) is 5.75 Å². The minimum Gasteiger partial charge on any atom is -0.489 e. The Kier molecular flexibility index (Phi) is 4.86. The molecule has 0 fully saturated rings. The Hall–Kier alpha value is -1.03. The lowest BCUT2D eigenvalue weighted by atomic mass is 10.1. The van der Waals surface area contributed by atoms with E-state index in [4.69, 9.17) is 22.1 Å². The van der Waals surface area contributed by atoms with Crippen molar-refractivity contribution >= 4 is 22.9 Å². The van der Waals surface area contributed by atoms with Crippen molar-refractivity contribution in [2.45, 2.75) is 33.4 Å². The summed E-state index contributed by atoms with van der Waals surface area (Å²) in [6, 6.07) is 7.93. The maximum atomic E-state index is 6.09. The molecule has 2 aromatic rings. The Morgan fingerprint density at radius 3 is 2.68 bits per heavy atom. The zero-order valence-electron chi connectivity index (χ0n) is 11.2. The molecule has 0 aliphatic heterocycles. The van der Waals surface area contributed by atoms with E-state index in [-0.39, 0.29) is 0 Å². The largest absolute Gasteiger partial charge is 0.489 e. The second-order valence-electron chi connectivity index (χ2n) is 4.39. The van der Waals surface area contributed by atoms with Gasteiger partial charge in [0.05, 0.1) is 0 Å². The molecular weight excluding hydrogens is 278 g/mol. The van der Waals surface area contributed by atoms with Crippen molar-refractivity contribution in [3.8, 4) is 5.75 Å². The van der Waals surface area contributed by atoms with Gasteiger partial charge in [0.2, 0.25) is 0 Å². The van der Waals surface area contributed by atoms with Crippen molar-refractivity contribution in [2.24, 2.45) is 5.73 Å². The normalized spacial score (nSPS) is 10.7. The fourth-order valence-corrected chi connectivity index (χ4v) is 3.08. The molecule has 2 N–H and O–H groups in total. The van der Waals surface area contributed by atoms with Crippen molar-refractivity contribution in [2.75, 3.05) is 0 Å². The number of hydrogen-bond donors (Lipinski definition) is 1. The average Bonchev–Trinajstić information content (AvgIpc) is 2.78. The number of aryl methyl sites for hydroxylation is 2. The molecule has 0 amide bonds. The molecule has 2 rings (SSSR count). The van der Waals surface area contributed by atoms with Gasteiger partial charge < -0.3 is 10.5 Å². The summed E-state index contributed by atoms with van der Waals surface area (Å²) in [5.74, 6) is 0.862. The van der Waals surface area contributed by atoms with E-state index in [0.29, 0.717) is 13.2 Å². The second-order valence-corrected chi connectivity index (χ2v) is 6.14. The highest BCUT2D eigenvalue weighted by Crippen LogP contribution is 2.25. The first kappa shape index (κ1) is 14.4. The number of ether oxygens (including phenoxy) is 1. The standard InChI is InChI=1S/C15H18ClNOS/c1-3-11-6-13(4-5-15(11)16)18-9-12-7-14(8-17)19-10(12)2/h4-7H,3,8-9,17H2,1-2H3. The lowest BCUT2D eigenvalue weighted by Crippen LogP contribution is -1.97. The van der Waals surface area contributed by atoms with Gasteiger partial charge in [0.1, 0.15) is 12.4 Å². The van der Waals surface area contributed by atoms with Crippen LogP contribution < -0.4 is 10.5 Å². The first-order chi connectivity index (χ1) is 9.13. The molecule has 0 aliphatic carbocycles. The number of thiophene rings is 1. The van der Waals surface area contributed by atoms with Gasteiger partial charge in [-0.3, -0.25) is 0 Å². The van der Waals surface area contributed by atoms with E-state index < -0.39 is 0 Å². The molecule has 1 aromatic heterocycles. The van der Waals surface area contributed by atoms with E-state index in [1.807, 2.05) is 18.2 Å². The monoisotopic (exact) mass is 295 g/mol. The van der Waals surface area contributed by atoms with Crippen LogP contribution in [0, 0.1) is 6.92 Å². The zero-order valence-corrected chi connectivity index (χ0v) is 12.8. The third-order valence-electron chi connectivity index (χ3n) is 3.07. The first-order valence-electron chi connectivity index (χ1n) is 6.33. The summed E-state index contributed by atoms with van der Waals surface area (Å²) >= 11 is 7.83. The van der Waals surface area contributed by atoms with Gasteiger partial charge in [0.15, 0.2) is 0 Å². The van der Waals surface area contributed by atoms with Crippen molar-refractivity contribution in [3.63, 3.8) is 0 Å². The van der Waals surface area contributed by atoms with E-state index in [0.717, 1.165) is 22.8 Å². The van der Waals surface area contributed by atoms with Crippen molar-refractivity contribution in [3.05, 3.63) is 50.2 Å². The van der Waals surface area contributed by atoms with Gasteiger partial charge in [-0.25, -0.2) is 0 Å². The summed E-state index contributed by atoms with van der Waals surface area (Å²) in [5, 5.41) is 0.798.